The molecule has 0 fully saturated rings. The minimum absolute atomic E-state index is 0.0410. The van der Waals surface area contributed by atoms with Gasteiger partial charge in [0.15, 0.2) is 0 Å². The molecule has 32 heavy (non-hydrogen) atoms. The van der Waals surface area contributed by atoms with Crippen molar-refractivity contribution in [2.24, 2.45) is 0 Å². The number of nitrogens with zero attached hydrogens (tertiary/aromatic N) is 1. The Kier molecular flexibility index (Phi) is 6.22. The zero-order valence-corrected chi connectivity index (χ0v) is 20.7. The van der Waals surface area contributed by atoms with Gasteiger partial charge in [-0.3, -0.25) is 0 Å². The molecule has 0 saturated carbocycles. The number of rotatable bonds is 6. The maximum absolute atomic E-state index is 11.7. The fourth-order valence-electron chi connectivity index (χ4n) is 4.33. The fourth-order valence-corrected chi connectivity index (χ4v) is 12.3. The predicted molar refractivity (Wildman–Crippen MR) is 141 cm³/mol. The Morgan fingerprint density at radius 2 is 1.22 bits per heavy atom. The molecule has 0 heterocycles. The third kappa shape index (κ3) is 3.77. The van der Waals surface area contributed by atoms with E-state index in [4.69, 9.17) is 11.6 Å². The van der Waals surface area contributed by atoms with Crippen LogP contribution in [0.5, 0.6) is 0 Å². The van der Waals surface area contributed by atoms with Gasteiger partial charge in [-0.1, -0.05) is 0 Å². The number of benzene rings is 4. The Morgan fingerprint density at radius 1 is 0.812 bits per heavy atom. The Hall–Kier alpha value is -2.52. The van der Waals surface area contributed by atoms with Gasteiger partial charge >= 0.3 is 201 Å². The van der Waals surface area contributed by atoms with E-state index in [0.717, 1.165) is 21.5 Å². The fraction of sp³-hybridized carbons (Fsp3) is 0.0769. The number of nitro benzene ring substituents is 1. The molecule has 0 bridgehead atoms. The summed E-state index contributed by atoms with van der Waals surface area (Å²) in [7, 11) is 0. The number of hydrogen-bond acceptors (Lipinski definition) is 2. The Balaban J connectivity index is 2.12. The molecule has 0 N–H and O–H groups in total. The molecule has 3 nitrogen and oxygen atoms in total. The molecule has 6 heteroatoms. The van der Waals surface area contributed by atoms with Crippen LogP contribution in [0, 0.1) is 17.0 Å². The van der Waals surface area contributed by atoms with E-state index in [1.54, 1.807) is 6.92 Å². The molecule has 0 aliphatic heterocycles. The van der Waals surface area contributed by atoms with E-state index in [9.17, 15) is 10.1 Å². The normalized spacial score (nSPS) is 12.7. The van der Waals surface area contributed by atoms with Crippen molar-refractivity contribution in [3.8, 4) is 0 Å². The van der Waals surface area contributed by atoms with Crippen molar-refractivity contribution in [2.75, 3.05) is 0 Å². The molecule has 4 aromatic rings. The van der Waals surface area contributed by atoms with Gasteiger partial charge < -0.3 is 0 Å². The van der Waals surface area contributed by atoms with E-state index in [1.165, 1.54) is 6.07 Å². The molecule has 0 atom stereocenters. The maximum atomic E-state index is 11.7. The van der Waals surface area contributed by atoms with Crippen LogP contribution in [0.1, 0.15) is 11.1 Å². The van der Waals surface area contributed by atoms with Crippen LogP contribution in [0.4, 0.5) is 5.69 Å². The van der Waals surface area contributed by atoms with Gasteiger partial charge in [-0.15, -0.1) is 0 Å². The summed E-state index contributed by atoms with van der Waals surface area (Å²) in [5.41, 5.74) is 1.53. The van der Waals surface area contributed by atoms with Crippen LogP contribution >= 0.6 is 32.4 Å². The first kappa shape index (κ1) is 22.7. The number of hydrogen-bond donors (Lipinski definition) is 0. The zero-order chi connectivity index (χ0) is 22.8. The summed E-state index contributed by atoms with van der Waals surface area (Å²) in [5, 5.41) is 12.3. The van der Waals surface area contributed by atoms with E-state index in [1.807, 2.05) is 60.7 Å². The Labute approximate surface area is 200 Å². The molecular formula is C26H22BrClNO2P. The number of halogens is 2. The van der Waals surface area contributed by atoms with Gasteiger partial charge in [0.25, 0.3) is 0 Å². The third-order valence-electron chi connectivity index (χ3n) is 6.00. The van der Waals surface area contributed by atoms with Gasteiger partial charge in [0.1, 0.15) is 0 Å². The van der Waals surface area contributed by atoms with E-state index >= 15 is 0 Å². The van der Waals surface area contributed by atoms with Gasteiger partial charge in [-0.2, -0.15) is 0 Å². The van der Waals surface area contributed by atoms with Crippen molar-refractivity contribution in [3.63, 3.8) is 0 Å². The van der Waals surface area contributed by atoms with E-state index in [0.29, 0.717) is 16.7 Å². The SMILES string of the molecule is Cc1c(CP(Br)(c2ccccc2)(c2ccccc2)c2ccccc2)cc(Cl)cc1[N+](=O)[O-]. The molecule has 0 aliphatic rings. The summed E-state index contributed by atoms with van der Waals surface area (Å²) >= 11 is 10.8. The van der Waals surface area contributed by atoms with Gasteiger partial charge in [0.2, 0.25) is 0 Å². The Bertz CT molecular complexity index is 1170. The van der Waals surface area contributed by atoms with Gasteiger partial charge in [0.05, 0.1) is 0 Å². The molecule has 4 aromatic carbocycles. The molecule has 0 saturated heterocycles. The summed E-state index contributed by atoms with van der Waals surface area (Å²) in [4.78, 5) is 11.4. The van der Waals surface area contributed by atoms with Crippen molar-refractivity contribution in [1.82, 2.24) is 0 Å². The van der Waals surface area contributed by atoms with Crippen LogP contribution in [-0.4, -0.2) is 4.92 Å². The summed E-state index contributed by atoms with van der Waals surface area (Å²) < 4.78 is 0. The van der Waals surface area contributed by atoms with E-state index in [-0.39, 0.29) is 10.6 Å². The van der Waals surface area contributed by atoms with E-state index in [2.05, 4.69) is 51.9 Å². The first-order valence-corrected chi connectivity index (χ1v) is 15.0. The summed E-state index contributed by atoms with van der Waals surface area (Å²) in [6.45, 7) is 1.80. The number of nitro groups is 1. The first-order chi connectivity index (χ1) is 15.3. The molecule has 0 spiro atoms. The molecular weight excluding hydrogens is 505 g/mol. The zero-order valence-electron chi connectivity index (χ0n) is 17.5. The standard InChI is InChI=1S/C26H22BrClNO2P/c1-20-21(17-22(28)18-26(20)29(30)31)19-32(27,23-11-5-2-6-12-23,24-13-7-3-8-14-24)25-15-9-4-10-16-25/h2-18H,19H2,1H3. The van der Waals surface area contributed by atoms with Gasteiger partial charge in [-0.25, -0.2) is 0 Å². The molecule has 0 amide bonds. The van der Waals surface area contributed by atoms with Gasteiger partial charge in [-0.05, 0) is 0 Å². The predicted octanol–water partition coefficient (Wildman–Crippen LogP) is 6.90. The van der Waals surface area contributed by atoms with Crippen molar-refractivity contribution < 1.29 is 4.92 Å². The monoisotopic (exact) mass is 525 g/mol. The first-order valence-electron chi connectivity index (χ1n) is 10.2. The van der Waals surface area contributed by atoms with Gasteiger partial charge in [0, 0.05) is 0 Å². The topological polar surface area (TPSA) is 43.1 Å². The molecule has 162 valence electrons. The summed E-state index contributed by atoms with van der Waals surface area (Å²) in [6.07, 6.45) is 0.552. The average Bonchev–Trinajstić information content (AvgIpc) is 2.83. The summed E-state index contributed by atoms with van der Waals surface area (Å²) in [5.74, 6) is 0. The quantitative estimate of drug-likeness (QED) is 0.156. The van der Waals surface area contributed by atoms with Crippen LogP contribution in [0.2, 0.25) is 5.02 Å². The minimum atomic E-state index is -3.27. The second kappa shape index (κ2) is 8.78. The average molecular weight is 527 g/mol. The third-order valence-corrected chi connectivity index (χ3v) is 15.7. The van der Waals surface area contributed by atoms with E-state index < -0.39 is 5.31 Å². The van der Waals surface area contributed by atoms with Crippen molar-refractivity contribution in [1.29, 1.82) is 0 Å². The van der Waals surface area contributed by atoms with Crippen molar-refractivity contribution >= 4 is 54.0 Å². The van der Waals surface area contributed by atoms with Crippen LogP contribution in [-0.2, 0) is 6.16 Å². The van der Waals surface area contributed by atoms with Crippen molar-refractivity contribution in [2.45, 2.75) is 13.1 Å². The second-order valence-electron chi connectivity index (χ2n) is 7.81. The molecule has 0 radical (unpaired) electrons. The van der Waals surface area contributed by atoms with Crippen LogP contribution in [0.25, 0.3) is 0 Å². The van der Waals surface area contributed by atoms with Crippen LogP contribution < -0.4 is 15.9 Å². The van der Waals surface area contributed by atoms with Crippen molar-refractivity contribution in [3.05, 3.63) is 129 Å². The molecule has 0 unspecified atom stereocenters. The molecule has 4 rings (SSSR count). The Morgan fingerprint density at radius 3 is 1.59 bits per heavy atom. The molecule has 0 aromatic heterocycles. The molecule has 0 aliphatic carbocycles. The van der Waals surface area contributed by atoms with Crippen LogP contribution in [0.3, 0.4) is 0 Å². The van der Waals surface area contributed by atoms with Crippen LogP contribution in [0.15, 0.2) is 103 Å². The summed E-state index contributed by atoms with van der Waals surface area (Å²) in [6, 6.07) is 34.4. The second-order valence-corrected chi connectivity index (χ2v) is 17.2.